The highest BCUT2D eigenvalue weighted by atomic mass is 35.5. The monoisotopic (exact) mass is 2310 g/mol. The van der Waals surface area contributed by atoms with Crippen LogP contribution >= 0.6 is 142 Å². The first-order valence-corrected chi connectivity index (χ1v) is 62.0. The minimum atomic E-state index is -0.631. The van der Waals surface area contributed by atoms with Crippen molar-refractivity contribution >= 4 is 153 Å². The SMILES string of the molecule is CCCCCCCCSSC1C[C@H](n2cc(C)c(=O)[nH]c2=O)O[C@@H]1CO.CCCCCCSSC1C[C@H](n2cc(C)c(=O)[nH]c2=O)O[C@@H]1CO.CCCCSSC1C[C@H](n2cc(C)c(=O)[nH]c2=O)O[C@@H]1CO.Cc1cn([C@H]2CC(SSCCN)[C@@H](CO)O2)c(=O)[nH]c1=O.Cc1cn([C@H]2CC(SSc3ccc([N+](=O)[O-])cc3)[C@@H](CO)O2)c(=O)[nH]c1=O.Cc1cn([C@H]2CC(SSc3ccccc3[N+](=O)[O-])[C@@H](CO)O2)c(=O)[nH]c1=O.Cl. The van der Waals surface area contributed by atoms with Crippen LogP contribution < -0.4 is 73.2 Å². The molecule has 0 bridgehead atoms. The minimum Gasteiger partial charge on any atom is -0.394 e. The van der Waals surface area contributed by atoms with Crippen LogP contribution in [0.4, 0.5) is 11.4 Å². The largest absolute Gasteiger partial charge is 0.394 e. The van der Waals surface area contributed by atoms with E-state index in [0.717, 1.165) is 40.7 Å². The first-order valence-electron chi connectivity index (χ1n) is 48.0. The highest BCUT2D eigenvalue weighted by molar-refractivity contribution is 8.78. The summed E-state index contributed by atoms with van der Waals surface area (Å²) in [7, 11) is 19.3. The van der Waals surface area contributed by atoms with Crippen molar-refractivity contribution in [2.75, 3.05) is 69.2 Å². The zero-order valence-corrected chi connectivity index (χ0v) is 93.7. The number of halogens is 1. The molecular weight excluding hydrogens is 2180 g/mol. The number of unbranched alkanes of at least 4 members (excludes halogenated alkanes) is 9. The van der Waals surface area contributed by atoms with Crippen molar-refractivity contribution in [1.82, 2.24) is 57.3 Å². The molecule has 43 nitrogen and oxygen atoms in total. The highest BCUT2D eigenvalue weighted by Gasteiger charge is 2.44. The van der Waals surface area contributed by atoms with E-state index < -0.39 is 110 Å². The fourth-order valence-corrected chi connectivity index (χ4v) is 32.3. The number of benzene rings is 2. The Balaban J connectivity index is 0.000000217. The van der Waals surface area contributed by atoms with E-state index in [4.69, 9.17) is 34.2 Å². The number of nitrogens with two attached hydrogens (primary N) is 1. The van der Waals surface area contributed by atoms with Crippen LogP contribution in [0.5, 0.6) is 0 Å². The van der Waals surface area contributed by atoms with Crippen LogP contribution in [0.1, 0.15) is 207 Å². The molecule has 6 saturated heterocycles. The lowest BCUT2D eigenvalue weighted by molar-refractivity contribution is -0.387. The van der Waals surface area contributed by atoms with E-state index in [0.29, 0.717) is 83.3 Å². The number of aliphatic hydroxyl groups excluding tert-OH is 6. The molecule has 6 unspecified atom stereocenters. The van der Waals surface area contributed by atoms with Crippen molar-refractivity contribution in [2.24, 2.45) is 5.73 Å². The first kappa shape index (κ1) is 126. The Kier molecular flexibility index (Phi) is 55.7. The molecule has 14 N–H and O–H groups in total. The Morgan fingerprint density at radius 3 is 0.838 bits per heavy atom. The molecule has 2 aromatic carbocycles. The number of nitrogens with one attached hydrogen (secondary N) is 6. The summed E-state index contributed by atoms with van der Waals surface area (Å²) in [5, 5.41) is 79.3. The predicted molar refractivity (Wildman–Crippen MR) is 595 cm³/mol. The Morgan fingerprint density at radius 2 is 0.574 bits per heavy atom. The molecule has 56 heteroatoms. The van der Waals surface area contributed by atoms with Gasteiger partial charge in [-0.2, -0.15) is 0 Å². The van der Waals surface area contributed by atoms with Gasteiger partial charge in [0.05, 0.1) is 91.0 Å². The molecular formula is C92H132ClN15O28S12. The zero-order valence-electron chi connectivity index (χ0n) is 83.1. The van der Waals surface area contributed by atoms with Crippen LogP contribution in [0, 0.1) is 61.8 Å². The van der Waals surface area contributed by atoms with Gasteiger partial charge in [-0.25, -0.2) is 28.8 Å². The summed E-state index contributed by atoms with van der Waals surface area (Å²) in [6, 6.07) is 12.6. The van der Waals surface area contributed by atoms with Crippen LogP contribution in [0.3, 0.4) is 0 Å². The van der Waals surface area contributed by atoms with E-state index in [2.05, 4.69) is 50.7 Å². The highest BCUT2D eigenvalue weighted by Crippen LogP contribution is 2.49. The number of hydrogen-bond acceptors (Lipinski definition) is 41. The van der Waals surface area contributed by atoms with Crippen molar-refractivity contribution in [3.8, 4) is 0 Å². The predicted octanol–water partition coefficient (Wildman–Crippen LogP) is 11.3. The number of rotatable bonds is 45. The average molecular weight is 2320 g/mol. The van der Waals surface area contributed by atoms with Crippen molar-refractivity contribution in [3.05, 3.63) is 264 Å². The maximum absolute atomic E-state index is 12.1. The number of hydrogen-bond donors (Lipinski definition) is 13. The average Bonchev–Trinajstić information content (AvgIpc) is 1.68. The molecule has 6 aliphatic rings. The van der Waals surface area contributed by atoms with Gasteiger partial charge >= 0.3 is 34.1 Å². The molecule has 12 heterocycles. The molecule has 0 radical (unpaired) electrons. The van der Waals surface area contributed by atoms with E-state index in [9.17, 15) is 108 Å². The molecule has 14 rings (SSSR count). The van der Waals surface area contributed by atoms with Crippen LogP contribution in [0.25, 0.3) is 0 Å². The second kappa shape index (κ2) is 65.2. The Hall–Kier alpha value is -6.71. The maximum atomic E-state index is 12.1. The molecule has 148 heavy (non-hydrogen) atoms. The molecule has 6 aromatic heterocycles. The van der Waals surface area contributed by atoms with E-state index in [-0.39, 0.29) is 136 Å². The lowest BCUT2D eigenvalue weighted by Gasteiger charge is -2.15. The number of ether oxygens (including phenoxy) is 6. The third-order valence-electron chi connectivity index (χ3n) is 23.7. The van der Waals surface area contributed by atoms with Crippen molar-refractivity contribution in [2.45, 2.75) is 293 Å². The van der Waals surface area contributed by atoms with Crippen molar-refractivity contribution in [1.29, 1.82) is 0 Å². The van der Waals surface area contributed by atoms with Crippen LogP contribution in [0.2, 0.25) is 0 Å². The second-order valence-electron chi connectivity index (χ2n) is 34.9. The standard InChI is InChI=1S/C18H30N2O4S2.2C16H17N3O6S2.C16H26N2O4S2.C14H22N2O4S2.C12H19N3O4S2.ClH/c1-3-4-5-6-7-8-9-25-26-15-10-16(24-14(15)12-21)20-11-13(2)17(22)19-18(20)23;1-9-7-18(16(22)17-15(9)21)14-6-13(12(8-20)25-14)27-26-11-4-2-10(3-5-11)19(23)24;1-9-7-18(16(22)17-15(9)21)14-6-13(11(8-20)25-14)27-26-12-5-3-2-4-10(12)19(23)24;1-3-4-5-6-7-23-24-13-8-14(22-12(13)10-19)18-9-11(2)15(20)17-16(18)21;1-3-4-5-21-22-11-6-12(20-10(11)8-17)16-7-9(2)13(18)15-14(16)19;1-7-5-15(12(18)14-11(7)17)10-4-9(8(6-16)19-10)21-20-3-2-13;/h11,14-16,21H,3-10,12H2,1-2H3,(H,19,22,23);2-5,7,12-14,20H,6,8H2,1H3,(H,17,21,22);2-5,7,11,13-14,20H,6,8H2,1H3,(H,17,21,22);9,12-14,19H,3-8,10H2,1-2H3,(H,17,20,21);7,10-12,17H,3-6,8H2,1-2H3,(H,15,18,19);5,8-10,16H,2-4,6,13H2,1H3,(H,14,17,18);1H/t14-,15?,16-;12-,13?,14-;11-,13?,14-;12-,13?,14-;10-,11?,12-;8-,9?,10-;/m111111./s1. The van der Waals surface area contributed by atoms with Crippen LogP contribution in [0.15, 0.2) is 153 Å². The van der Waals surface area contributed by atoms with E-state index in [1.165, 1.54) is 190 Å². The number of aliphatic hydroxyl groups is 6. The van der Waals surface area contributed by atoms with Crippen LogP contribution in [-0.4, -0.2) is 235 Å². The summed E-state index contributed by atoms with van der Waals surface area (Å²) < 4.78 is 43.1. The minimum absolute atomic E-state index is 0. The summed E-state index contributed by atoms with van der Waals surface area (Å²) >= 11 is 0. The lowest BCUT2D eigenvalue weighted by Crippen LogP contribution is -2.33. The Bertz CT molecular complexity index is 6300. The van der Waals surface area contributed by atoms with Gasteiger partial charge in [0.2, 0.25) is 0 Å². The van der Waals surface area contributed by atoms with E-state index in [1.807, 2.05) is 21.6 Å². The molecule has 6 aliphatic heterocycles. The normalized spacial score (nSPS) is 23.2. The summed E-state index contributed by atoms with van der Waals surface area (Å²) in [4.78, 5) is 177. The van der Waals surface area contributed by atoms with Gasteiger partial charge in [0.15, 0.2) is 0 Å². The molecule has 0 spiro atoms. The summed E-state index contributed by atoms with van der Waals surface area (Å²) in [6.45, 7) is 16.2. The fraction of sp³-hybridized carbons (Fsp3) is 0.609. The topological polar surface area (TPSA) is 618 Å². The van der Waals surface area contributed by atoms with Gasteiger partial charge in [-0.1, -0.05) is 220 Å². The van der Waals surface area contributed by atoms with Crippen molar-refractivity contribution < 1.29 is 68.9 Å². The smallest absolute Gasteiger partial charge is 0.330 e. The number of H-pyrrole nitrogens is 6. The zero-order chi connectivity index (χ0) is 107. The number of nitrogens with zero attached hydrogens (tertiary/aromatic N) is 8. The maximum Gasteiger partial charge on any atom is 0.330 e. The fourth-order valence-electron chi connectivity index (χ4n) is 15.5. The van der Waals surface area contributed by atoms with Gasteiger partial charge in [-0.3, -0.25) is 106 Å². The van der Waals surface area contributed by atoms with Gasteiger partial charge in [0.25, 0.3) is 44.7 Å². The number of nitro benzene ring substituents is 2. The molecule has 6 fully saturated rings. The van der Waals surface area contributed by atoms with Gasteiger partial charge in [-0.15, -0.1) is 12.4 Å². The van der Waals surface area contributed by atoms with Crippen LogP contribution in [-0.2, 0) is 28.4 Å². The summed E-state index contributed by atoms with van der Waals surface area (Å²) in [5.74, 6) is 4.06. The van der Waals surface area contributed by atoms with Gasteiger partial charge in [0.1, 0.15) is 37.4 Å². The molecule has 0 amide bonds. The first-order chi connectivity index (χ1) is 70.5. The van der Waals surface area contributed by atoms with Gasteiger partial charge < -0.3 is 64.8 Å². The Labute approximate surface area is 904 Å². The summed E-state index contributed by atoms with van der Waals surface area (Å²) in [5.41, 5.74) is 2.70. The van der Waals surface area contributed by atoms with Gasteiger partial charge in [-0.05, 0) is 79.0 Å². The third kappa shape index (κ3) is 37.8. The lowest BCUT2D eigenvalue weighted by atomic mass is 10.1. The quantitative estimate of drug-likeness (QED) is 0.00729. The van der Waals surface area contributed by atoms with Crippen molar-refractivity contribution in [3.63, 3.8) is 0 Å². The second-order valence-corrected chi connectivity index (χ2v) is 50.8. The molecule has 0 saturated carbocycles. The number of para-hydroxylation sites is 1. The number of aromatic amines is 6. The van der Waals surface area contributed by atoms with E-state index >= 15 is 0 Å². The molecule has 0 aliphatic carbocycles. The number of nitro groups is 2. The number of aryl methyl sites for hydroxylation is 6. The molecule has 822 valence electrons. The molecule has 18 atom stereocenters. The third-order valence-corrected chi connectivity index (χ3v) is 41.5. The summed E-state index contributed by atoms with van der Waals surface area (Å²) in [6.07, 6.45) is 22.2. The number of aromatic nitrogens is 12. The number of non-ortho nitro benzene ring substituents is 1. The Morgan fingerprint density at radius 1 is 0.331 bits per heavy atom. The molecule has 8 aromatic rings. The van der Waals surface area contributed by atoms with E-state index in [1.54, 1.807) is 137 Å². The van der Waals surface area contributed by atoms with Gasteiger partial charge in [0, 0.05) is 193 Å².